The van der Waals surface area contributed by atoms with Gasteiger partial charge in [0.15, 0.2) is 17.3 Å². The number of benzene rings is 1. The molecule has 0 bridgehead atoms. The third kappa shape index (κ3) is 1.56. The molecule has 4 heteroatoms. The lowest BCUT2D eigenvalue weighted by molar-refractivity contribution is 0.101. The van der Waals surface area contributed by atoms with Gasteiger partial charge < -0.3 is 14.9 Å². The summed E-state index contributed by atoms with van der Waals surface area (Å²) in [6.45, 7) is 1.36. The highest BCUT2D eigenvalue weighted by molar-refractivity contribution is 5.98. The van der Waals surface area contributed by atoms with Crippen LogP contribution in [0.15, 0.2) is 12.1 Å². The first-order chi connectivity index (χ1) is 6.07. The molecule has 0 aliphatic carbocycles. The molecule has 0 unspecified atom stereocenters. The molecule has 0 atom stereocenters. The van der Waals surface area contributed by atoms with Crippen molar-refractivity contribution < 1.29 is 19.7 Å². The number of aromatic hydroxyl groups is 2. The van der Waals surface area contributed by atoms with Crippen LogP contribution in [-0.4, -0.2) is 23.1 Å². The van der Waals surface area contributed by atoms with Gasteiger partial charge in [0, 0.05) is 0 Å². The molecule has 0 saturated carbocycles. The van der Waals surface area contributed by atoms with Crippen LogP contribution in [0.1, 0.15) is 17.3 Å². The van der Waals surface area contributed by atoms with Gasteiger partial charge >= 0.3 is 0 Å². The van der Waals surface area contributed by atoms with E-state index in [9.17, 15) is 9.90 Å². The second-order valence-electron chi connectivity index (χ2n) is 2.57. The number of methoxy groups -OCH3 is 1. The zero-order valence-electron chi connectivity index (χ0n) is 7.37. The van der Waals surface area contributed by atoms with Crippen molar-refractivity contribution in [2.45, 2.75) is 6.92 Å². The van der Waals surface area contributed by atoms with Gasteiger partial charge in [0.05, 0.1) is 12.7 Å². The second-order valence-corrected chi connectivity index (χ2v) is 2.57. The summed E-state index contributed by atoms with van der Waals surface area (Å²) in [7, 11) is 1.32. The number of ketones is 1. The van der Waals surface area contributed by atoms with E-state index in [4.69, 9.17) is 9.84 Å². The van der Waals surface area contributed by atoms with Gasteiger partial charge in [0.1, 0.15) is 0 Å². The Bertz CT molecular complexity index is 344. The van der Waals surface area contributed by atoms with Crippen molar-refractivity contribution in [3.63, 3.8) is 0 Å². The van der Waals surface area contributed by atoms with Crippen molar-refractivity contribution in [1.82, 2.24) is 0 Å². The Hall–Kier alpha value is -1.71. The zero-order chi connectivity index (χ0) is 10.0. The third-order valence-corrected chi connectivity index (χ3v) is 1.69. The Morgan fingerprint density at radius 3 is 2.46 bits per heavy atom. The van der Waals surface area contributed by atoms with E-state index >= 15 is 0 Å². The van der Waals surface area contributed by atoms with Gasteiger partial charge in [0.25, 0.3) is 0 Å². The maximum absolute atomic E-state index is 11.0. The molecule has 1 aromatic carbocycles. The Morgan fingerprint density at radius 1 is 1.38 bits per heavy atom. The molecule has 4 nitrogen and oxygen atoms in total. The largest absolute Gasteiger partial charge is 0.504 e. The highest BCUT2D eigenvalue weighted by Gasteiger charge is 2.15. The first kappa shape index (κ1) is 9.38. The summed E-state index contributed by atoms with van der Waals surface area (Å²) < 4.78 is 4.79. The molecule has 0 aliphatic heterocycles. The molecule has 0 aliphatic rings. The van der Waals surface area contributed by atoms with Crippen LogP contribution in [0.5, 0.6) is 17.2 Å². The van der Waals surface area contributed by atoms with E-state index in [1.807, 2.05) is 0 Å². The quantitative estimate of drug-likeness (QED) is 0.534. The molecule has 0 spiro atoms. The van der Waals surface area contributed by atoms with Crippen molar-refractivity contribution in [2.75, 3.05) is 7.11 Å². The molecule has 0 saturated heterocycles. The van der Waals surface area contributed by atoms with Crippen LogP contribution in [-0.2, 0) is 0 Å². The average molecular weight is 182 g/mol. The maximum atomic E-state index is 11.0. The first-order valence-electron chi connectivity index (χ1n) is 3.67. The van der Waals surface area contributed by atoms with Gasteiger partial charge in [-0.05, 0) is 19.1 Å². The van der Waals surface area contributed by atoms with Gasteiger partial charge in [-0.1, -0.05) is 0 Å². The third-order valence-electron chi connectivity index (χ3n) is 1.69. The number of ether oxygens (including phenoxy) is 1. The predicted molar refractivity (Wildman–Crippen MR) is 46.3 cm³/mol. The summed E-state index contributed by atoms with van der Waals surface area (Å²) in [5.74, 6) is -0.934. The molecule has 0 radical (unpaired) electrons. The first-order valence-corrected chi connectivity index (χ1v) is 3.67. The highest BCUT2D eigenvalue weighted by Crippen LogP contribution is 2.37. The summed E-state index contributed by atoms with van der Waals surface area (Å²) >= 11 is 0. The molecule has 1 rings (SSSR count). The van der Waals surface area contributed by atoms with Crippen LogP contribution in [0, 0.1) is 0 Å². The molecule has 0 heterocycles. The molecule has 13 heavy (non-hydrogen) atoms. The number of carbonyl (C=O) groups is 1. The lowest BCUT2D eigenvalue weighted by Crippen LogP contribution is -1.97. The summed E-state index contributed by atoms with van der Waals surface area (Å²) in [5.41, 5.74) is 0.248. The van der Waals surface area contributed by atoms with Crippen molar-refractivity contribution in [3.05, 3.63) is 17.7 Å². The van der Waals surface area contributed by atoms with Crippen molar-refractivity contribution in [3.8, 4) is 17.2 Å². The molecular formula is C9H10O4. The number of phenolic OH excluding ortho intramolecular Hbond substituents is 2. The number of carbonyl (C=O) groups excluding carboxylic acids is 1. The fourth-order valence-corrected chi connectivity index (χ4v) is 1.04. The van der Waals surface area contributed by atoms with Crippen LogP contribution >= 0.6 is 0 Å². The minimum absolute atomic E-state index is 0.00694. The normalized spacial score (nSPS) is 9.69. The Labute approximate surface area is 75.4 Å². The number of rotatable bonds is 2. The summed E-state index contributed by atoms with van der Waals surface area (Å²) in [5, 5.41) is 18.4. The molecule has 0 amide bonds. The topological polar surface area (TPSA) is 66.8 Å². The van der Waals surface area contributed by atoms with Crippen LogP contribution in [0.3, 0.4) is 0 Å². The number of phenols is 2. The molecule has 70 valence electrons. The molecule has 0 fully saturated rings. The zero-order valence-corrected chi connectivity index (χ0v) is 7.37. The predicted octanol–water partition coefficient (Wildman–Crippen LogP) is 1.31. The summed E-state index contributed by atoms with van der Waals surface area (Å²) in [6, 6.07) is 2.64. The summed E-state index contributed by atoms with van der Waals surface area (Å²) in [6.07, 6.45) is 0. The van der Waals surface area contributed by atoms with Crippen LogP contribution in [0.25, 0.3) is 0 Å². The van der Waals surface area contributed by atoms with E-state index in [1.54, 1.807) is 0 Å². The van der Waals surface area contributed by atoms with Crippen LogP contribution < -0.4 is 4.74 Å². The average Bonchev–Trinajstić information content (AvgIpc) is 2.09. The van der Waals surface area contributed by atoms with Crippen molar-refractivity contribution in [1.29, 1.82) is 0 Å². The van der Waals surface area contributed by atoms with E-state index in [2.05, 4.69) is 0 Å². The standard InChI is InChI=1S/C9H10O4/c1-5(10)6-3-4-7(11)8(12)9(6)13-2/h3-4,11-12H,1-2H3. The molecule has 1 aromatic rings. The van der Waals surface area contributed by atoms with Crippen LogP contribution in [0.4, 0.5) is 0 Å². The van der Waals surface area contributed by atoms with E-state index < -0.39 is 5.75 Å². The highest BCUT2D eigenvalue weighted by atomic mass is 16.5. The summed E-state index contributed by atoms with van der Waals surface area (Å²) in [4.78, 5) is 11.0. The van der Waals surface area contributed by atoms with E-state index in [1.165, 1.54) is 26.2 Å². The fourth-order valence-electron chi connectivity index (χ4n) is 1.04. The SMILES string of the molecule is COc1c(C(C)=O)ccc(O)c1O. The lowest BCUT2D eigenvalue weighted by Gasteiger charge is -2.08. The number of hydrogen-bond acceptors (Lipinski definition) is 4. The van der Waals surface area contributed by atoms with Gasteiger partial charge in [-0.2, -0.15) is 0 Å². The fraction of sp³-hybridized carbons (Fsp3) is 0.222. The minimum Gasteiger partial charge on any atom is -0.504 e. The minimum atomic E-state index is -0.407. The van der Waals surface area contributed by atoms with Gasteiger partial charge in [-0.3, -0.25) is 4.79 Å². The maximum Gasteiger partial charge on any atom is 0.201 e. The number of Topliss-reactive ketones (excluding diaryl/α,β-unsaturated/α-hetero) is 1. The lowest BCUT2D eigenvalue weighted by atomic mass is 10.1. The molecular weight excluding hydrogens is 172 g/mol. The molecule has 2 N–H and O–H groups in total. The Kier molecular flexibility index (Phi) is 2.41. The van der Waals surface area contributed by atoms with E-state index in [0.717, 1.165) is 0 Å². The van der Waals surface area contributed by atoms with Crippen LogP contribution in [0.2, 0.25) is 0 Å². The van der Waals surface area contributed by atoms with E-state index in [0.29, 0.717) is 0 Å². The monoisotopic (exact) mass is 182 g/mol. The van der Waals surface area contributed by atoms with Gasteiger partial charge in [0.2, 0.25) is 5.75 Å². The van der Waals surface area contributed by atoms with Crippen molar-refractivity contribution in [2.24, 2.45) is 0 Å². The molecule has 0 aromatic heterocycles. The Balaban J connectivity index is 3.38. The van der Waals surface area contributed by atoms with Crippen molar-refractivity contribution >= 4 is 5.78 Å². The van der Waals surface area contributed by atoms with E-state index in [-0.39, 0.29) is 22.8 Å². The van der Waals surface area contributed by atoms with Gasteiger partial charge in [-0.15, -0.1) is 0 Å². The van der Waals surface area contributed by atoms with Gasteiger partial charge in [-0.25, -0.2) is 0 Å². The second kappa shape index (κ2) is 3.35. The smallest absolute Gasteiger partial charge is 0.201 e. The Morgan fingerprint density at radius 2 is 2.00 bits per heavy atom. The number of hydrogen-bond donors (Lipinski definition) is 2.